The van der Waals surface area contributed by atoms with E-state index in [0.717, 1.165) is 33.7 Å². The van der Waals surface area contributed by atoms with Gasteiger partial charge in [0.25, 0.3) is 0 Å². The number of oxazole rings is 1. The van der Waals surface area contributed by atoms with Gasteiger partial charge in [-0.3, -0.25) is 0 Å². The summed E-state index contributed by atoms with van der Waals surface area (Å²) >= 11 is 0. The van der Waals surface area contributed by atoms with Crippen LogP contribution in [-0.2, 0) is 0 Å². The van der Waals surface area contributed by atoms with Crippen molar-refractivity contribution in [2.24, 2.45) is 0 Å². The lowest BCUT2D eigenvalue weighted by molar-refractivity contribution is 0.620. The monoisotopic (exact) mass is 438 g/mol. The number of anilines is 3. The largest absolute Gasteiger partial charge is 0.436 e. The summed E-state index contributed by atoms with van der Waals surface area (Å²) in [5.41, 5.74) is 8.29. The predicted molar refractivity (Wildman–Crippen MR) is 140 cm³/mol. The molecule has 0 N–H and O–H groups in total. The summed E-state index contributed by atoms with van der Waals surface area (Å²) in [6, 6.07) is 45.7. The first-order chi connectivity index (χ1) is 16.8. The molecule has 0 bridgehead atoms. The highest BCUT2D eigenvalue weighted by Gasteiger charge is 2.14. The van der Waals surface area contributed by atoms with Gasteiger partial charge in [-0.2, -0.15) is 0 Å². The molecule has 6 rings (SSSR count). The average Bonchev–Trinajstić information content (AvgIpc) is 3.35. The van der Waals surface area contributed by atoms with Gasteiger partial charge < -0.3 is 9.32 Å². The highest BCUT2D eigenvalue weighted by atomic mass is 16.3. The molecule has 0 aliphatic rings. The molecule has 34 heavy (non-hydrogen) atoms. The van der Waals surface area contributed by atoms with Crippen molar-refractivity contribution in [1.82, 2.24) is 4.98 Å². The van der Waals surface area contributed by atoms with Gasteiger partial charge in [-0.05, 0) is 71.8 Å². The molecule has 162 valence electrons. The number of hydrogen-bond donors (Lipinski definition) is 0. The van der Waals surface area contributed by atoms with Crippen molar-refractivity contribution < 1.29 is 4.42 Å². The van der Waals surface area contributed by atoms with E-state index in [1.54, 1.807) is 0 Å². The molecular weight excluding hydrogens is 416 g/mol. The van der Waals surface area contributed by atoms with E-state index >= 15 is 0 Å². The molecule has 5 aromatic carbocycles. The number of nitrogens with zero attached hydrogens (tertiary/aromatic N) is 2. The van der Waals surface area contributed by atoms with Crippen molar-refractivity contribution in [3.05, 3.63) is 133 Å². The highest BCUT2D eigenvalue weighted by Crippen LogP contribution is 2.36. The van der Waals surface area contributed by atoms with Crippen molar-refractivity contribution >= 4 is 28.2 Å². The van der Waals surface area contributed by atoms with E-state index in [1.807, 2.05) is 36.4 Å². The average molecular weight is 439 g/mol. The SMILES string of the molecule is c1ccc(-c2ccc(N(c3ccccc3)c3ccc(-c4nc5ccccc5o4)cc3)cc2)cc1. The Morgan fingerprint density at radius 3 is 1.59 bits per heavy atom. The van der Waals surface area contributed by atoms with Crippen LogP contribution in [0.2, 0.25) is 0 Å². The Morgan fingerprint density at radius 2 is 0.941 bits per heavy atom. The topological polar surface area (TPSA) is 29.3 Å². The van der Waals surface area contributed by atoms with E-state index in [0.29, 0.717) is 5.89 Å². The lowest BCUT2D eigenvalue weighted by Gasteiger charge is -2.25. The Bertz CT molecular complexity index is 1490. The summed E-state index contributed by atoms with van der Waals surface area (Å²) in [4.78, 5) is 6.89. The van der Waals surface area contributed by atoms with Crippen LogP contribution in [0.25, 0.3) is 33.7 Å². The van der Waals surface area contributed by atoms with Gasteiger partial charge in [-0.15, -0.1) is 0 Å². The van der Waals surface area contributed by atoms with Crippen molar-refractivity contribution in [3.63, 3.8) is 0 Å². The quantitative estimate of drug-likeness (QED) is 0.270. The Morgan fingerprint density at radius 1 is 0.441 bits per heavy atom. The van der Waals surface area contributed by atoms with Crippen molar-refractivity contribution in [2.75, 3.05) is 4.90 Å². The molecule has 1 aromatic heterocycles. The zero-order valence-electron chi connectivity index (χ0n) is 18.5. The first kappa shape index (κ1) is 20.0. The first-order valence-corrected chi connectivity index (χ1v) is 11.3. The smallest absolute Gasteiger partial charge is 0.227 e. The minimum absolute atomic E-state index is 0.631. The third kappa shape index (κ3) is 3.84. The molecule has 0 saturated heterocycles. The fourth-order valence-corrected chi connectivity index (χ4v) is 4.21. The second-order valence-electron chi connectivity index (χ2n) is 8.12. The van der Waals surface area contributed by atoms with Crippen LogP contribution in [0.4, 0.5) is 17.1 Å². The maximum atomic E-state index is 5.95. The minimum Gasteiger partial charge on any atom is -0.436 e. The van der Waals surface area contributed by atoms with Crippen LogP contribution in [0.5, 0.6) is 0 Å². The Labute approximate surface area is 198 Å². The van der Waals surface area contributed by atoms with Crippen LogP contribution in [0.15, 0.2) is 138 Å². The zero-order valence-corrected chi connectivity index (χ0v) is 18.5. The van der Waals surface area contributed by atoms with Crippen molar-refractivity contribution in [2.45, 2.75) is 0 Å². The lowest BCUT2D eigenvalue weighted by atomic mass is 10.0. The van der Waals surface area contributed by atoms with Crippen LogP contribution in [0.3, 0.4) is 0 Å². The molecule has 0 radical (unpaired) electrons. The molecule has 0 aliphatic heterocycles. The summed E-state index contributed by atoms with van der Waals surface area (Å²) in [6.45, 7) is 0. The third-order valence-corrected chi connectivity index (χ3v) is 5.91. The van der Waals surface area contributed by atoms with Crippen LogP contribution < -0.4 is 4.90 Å². The number of para-hydroxylation sites is 3. The van der Waals surface area contributed by atoms with Crippen LogP contribution in [-0.4, -0.2) is 4.98 Å². The van der Waals surface area contributed by atoms with E-state index in [2.05, 4.69) is 107 Å². The van der Waals surface area contributed by atoms with Crippen molar-refractivity contribution in [1.29, 1.82) is 0 Å². The highest BCUT2D eigenvalue weighted by molar-refractivity contribution is 5.80. The van der Waals surface area contributed by atoms with Crippen LogP contribution >= 0.6 is 0 Å². The van der Waals surface area contributed by atoms with Crippen molar-refractivity contribution in [3.8, 4) is 22.6 Å². The molecule has 1 heterocycles. The zero-order chi connectivity index (χ0) is 22.7. The standard InChI is InChI=1S/C31H22N2O/c1-3-9-23(10-4-1)24-15-19-27(20-16-24)33(26-11-5-2-6-12-26)28-21-17-25(18-22-28)31-32-29-13-7-8-14-30(29)34-31/h1-22H. The summed E-state index contributed by atoms with van der Waals surface area (Å²) < 4.78 is 5.95. The predicted octanol–water partition coefficient (Wildman–Crippen LogP) is 8.63. The van der Waals surface area contributed by atoms with E-state index in [-0.39, 0.29) is 0 Å². The van der Waals surface area contributed by atoms with Crippen LogP contribution in [0.1, 0.15) is 0 Å². The Kier molecular flexibility index (Phi) is 5.13. The molecule has 0 unspecified atom stereocenters. The molecule has 3 heteroatoms. The Hall–Kier alpha value is -4.63. The van der Waals surface area contributed by atoms with Gasteiger partial charge in [0.05, 0.1) is 0 Å². The molecule has 6 aromatic rings. The summed E-state index contributed by atoms with van der Waals surface area (Å²) in [6.07, 6.45) is 0. The third-order valence-electron chi connectivity index (χ3n) is 5.91. The van der Waals surface area contributed by atoms with Crippen LogP contribution in [0, 0.1) is 0 Å². The molecule has 0 atom stereocenters. The summed E-state index contributed by atoms with van der Waals surface area (Å²) in [5, 5.41) is 0. The van der Waals surface area contributed by atoms with Gasteiger partial charge in [-0.25, -0.2) is 4.98 Å². The summed E-state index contributed by atoms with van der Waals surface area (Å²) in [5.74, 6) is 0.631. The second-order valence-corrected chi connectivity index (χ2v) is 8.12. The maximum absolute atomic E-state index is 5.95. The first-order valence-electron chi connectivity index (χ1n) is 11.3. The van der Waals surface area contributed by atoms with E-state index in [9.17, 15) is 0 Å². The van der Waals surface area contributed by atoms with Gasteiger partial charge >= 0.3 is 0 Å². The molecular formula is C31H22N2O. The van der Waals surface area contributed by atoms with Gasteiger partial charge in [0.1, 0.15) is 5.52 Å². The van der Waals surface area contributed by atoms with Gasteiger partial charge in [0, 0.05) is 22.6 Å². The van der Waals surface area contributed by atoms with Gasteiger partial charge in [0.2, 0.25) is 5.89 Å². The second kappa shape index (κ2) is 8.72. The lowest BCUT2D eigenvalue weighted by Crippen LogP contribution is -2.09. The van der Waals surface area contributed by atoms with E-state index < -0.39 is 0 Å². The molecule has 3 nitrogen and oxygen atoms in total. The fourth-order valence-electron chi connectivity index (χ4n) is 4.21. The summed E-state index contributed by atoms with van der Waals surface area (Å²) in [7, 11) is 0. The normalized spacial score (nSPS) is 10.9. The maximum Gasteiger partial charge on any atom is 0.227 e. The fraction of sp³-hybridized carbons (Fsp3) is 0. The van der Waals surface area contributed by atoms with E-state index in [1.165, 1.54) is 11.1 Å². The number of benzene rings is 5. The minimum atomic E-state index is 0.631. The van der Waals surface area contributed by atoms with Gasteiger partial charge in [-0.1, -0.05) is 72.8 Å². The number of hydrogen-bond acceptors (Lipinski definition) is 3. The molecule has 0 amide bonds. The van der Waals surface area contributed by atoms with E-state index in [4.69, 9.17) is 4.42 Å². The molecule has 0 aliphatic carbocycles. The number of rotatable bonds is 5. The molecule has 0 saturated carbocycles. The number of fused-ring (bicyclic) bond motifs is 1. The molecule has 0 fully saturated rings. The van der Waals surface area contributed by atoms with Gasteiger partial charge in [0.15, 0.2) is 5.58 Å². The number of aromatic nitrogens is 1. The molecule has 0 spiro atoms. The Balaban J connectivity index is 1.37.